The molecule has 0 aliphatic rings. The monoisotopic (exact) mass is 226 g/mol. The fourth-order valence-electron chi connectivity index (χ4n) is 1.15. The Morgan fingerprint density at radius 1 is 1.07 bits per heavy atom. The first kappa shape index (κ1) is 9.98. The van der Waals surface area contributed by atoms with Gasteiger partial charge in [0.15, 0.2) is 11.6 Å². The summed E-state index contributed by atoms with van der Waals surface area (Å²) in [5.41, 5.74) is 0.909. The van der Waals surface area contributed by atoms with Gasteiger partial charge in [-0.05, 0) is 35.9 Å². The van der Waals surface area contributed by atoms with E-state index in [1.165, 1.54) is 12.3 Å². The molecule has 0 aliphatic carbocycles. The lowest BCUT2D eigenvalue weighted by atomic mass is 10.1. The van der Waals surface area contributed by atoms with Gasteiger partial charge in [-0.3, -0.25) is 0 Å². The van der Waals surface area contributed by atoms with E-state index in [2.05, 4.69) is 9.97 Å². The molecule has 15 heavy (non-hydrogen) atoms. The van der Waals surface area contributed by atoms with Crippen molar-refractivity contribution in [1.29, 1.82) is 0 Å². The van der Waals surface area contributed by atoms with Crippen LogP contribution in [0.2, 0.25) is 5.28 Å². The van der Waals surface area contributed by atoms with Crippen molar-refractivity contribution in [1.82, 2.24) is 9.97 Å². The Morgan fingerprint density at radius 2 is 1.87 bits per heavy atom. The predicted molar refractivity (Wildman–Crippen MR) is 52.4 cm³/mol. The summed E-state index contributed by atoms with van der Waals surface area (Å²) in [6.07, 6.45) is 1.45. The van der Waals surface area contributed by atoms with E-state index in [9.17, 15) is 8.78 Å². The fourth-order valence-corrected chi connectivity index (χ4v) is 1.30. The van der Waals surface area contributed by atoms with Crippen LogP contribution in [-0.2, 0) is 0 Å². The third-order valence-corrected chi connectivity index (χ3v) is 2.02. The number of nitrogens with zero attached hydrogens (tertiary/aromatic N) is 2. The molecule has 0 atom stereocenters. The SMILES string of the molecule is Fc1ccc(-c2ccnc(Cl)n2)cc1F. The average Bonchev–Trinajstić information content (AvgIpc) is 2.22. The van der Waals surface area contributed by atoms with Crippen LogP contribution in [0.25, 0.3) is 11.3 Å². The van der Waals surface area contributed by atoms with Crippen LogP contribution in [-0.4, -0.2) is 9.97 Å². The molecule has 0 fully saturated rings. The van der Waals surface area contributed by atoms with Crippen molar-refractivity contribution in [2.24, 2.45) is 0 Å². The number of benzene rings is 1. The molecule has 0 N–H and O–H groups in total. The summed E-state index contributed by atoms with van der Waals surface area (Å²) >= 11 is 5.58. The molecule has 1 heterocycles. The molecule has 0 amide bonds. The maximum absolute atomic E-state index is 12.9. The highest BCUT2D eigenvalue weighted by atomic mass is 35.5. The molecule has 2 nitrogen and oxygen atoms in total. The van der Waals surface area contributed by atoms with Crippen molar-refractivity contribution in [2.45, 2.75) is 0 Å². The quantitative estimate of drug-likeness (QED) is 0.699. The Kier molecular flexibility index (Phi) is 2.60. The second-order valence-electron chi connectivity index (χ2n) is 2.84. The van der Waals surface area contributed by atoms with Crippen molar-refractivity contribution in [3.05, 3.63) is 47.4 Å². The first-order valence-electron chi connectivity index (χ1n) is 4.11. The number of halogens is 3. The van der Waals surface area contributed by atoms with Gasteiger partial charge in [0.05, 0.1) is 5.69 Å². The second kappa shape index (κ2) is 3.90. The van der Waals surface area contributed by atoms with Gasteiger partial charge in [0.1, 0.15) is 0 Å². The summed E-state index contributed by atoms with van der Waals surface area (Å²) in [4.78, 5) is 7.57. The van der Waals surface area contributed by atoms with Crippen LogP contribution < -0.4 is 0 Å². The van der Waals surface area contributed by atoms with E-state index in [-0.39, 0.29) is 5.28 Å². The maximum atomic E-state index is 12.9. The first-order valence-corrected chi connectivity index (χ1v) is 4.48. The number of aromatic nitrogens is 2. The van der Waals surface area contributed by atoms with Crippen LogP contribution >= 0.6 is 11.6 Å². The minimum Gasteiger partial charge on any atom is -0.226 e. The lowest BCUT2D eigenvalue weighted by Gasteiger charge is -2.01. The van der Waals surface area contributed by atoms with E-state index in [4.69, 9.17) is 11.6 Å². The first-order chi connectivity index (χ1) is 7.16. The summed E-state index contributed by atoms with van der Waals surface area (Å²) < 4.78 is 25.6. The largest absolute Gasteiger partial charge is 0.226 e. The van der Waals surface area contributed by atoms with Crippen molar-refractivity contribution >= 4 is 11.6 Å². The van der Waals surface area contributed by atoms with E-state index >= 15 is 0 Å². The van der Waals surface area contributed by atoms with Gasteiger partial charge in [-0.2, -0.15) is 0 Å². The maximum Gasteiger partial charge on any atom is 0.222 e. The highest BCUT2D eigenvalue weighted by molar-refractivity contribution is 6.28. The highest BCUT2D eigenvalue weighted by Gasteiger charge is 2.05. The van der Waals surface area contributed by atoms with Crippen molar-refractivity contribution in [3.63, 3.8) is 0 Å². The normalized spacial score (nSPS) is 10.3. The minimum atomic E-state index is -0.915. The van der Waals surface area contributed by atoms with E-state index in [0.29, 0.717) is 11.3 Å². The summed E-state index contributed by atoms with van der Waals surface area (Å²) in [6.45, 7) is 0. The standard InChI is InChI=1S/C10H5ClF2N2/c11-10-14-4-3-9(15-10)6-1-2-7(12)8(13)5-6/h1-5H. The topological polar surface area (TPSA) is 25.8 Å². The van der Waals surface area contributed by atoms with Gasteiger partial charge in [-0.25, -0.2) is 18.7 Å². The number of hydrogen-bond acceptors (Lipinski definition) is 2. The zero-order valence-electron chi connectivity index (χ0n) is 7.42. The summed E-state index contributed by atoms with van der Waals surface area (Å²) in [7, 11) is 0. The third kappa shape index (κ3) is 2.10. The zero-order chi connectivity index (χ0) is 10.8. The van der Waals surface area contributed by atoms with Gasteiger partial charge in [0, 0.05) is 11.8 Å². The second-order valence-corrected chi connectivity index (χ2v) is 3.18. The van der Waals surface area contributed by atoms with Crippen LogP contribution in [0.4, 0.5) is 8.78 Å². The molecule has 1 aromatic heterocycles. The van der Waals surface area contributed by atoms with Crippen LogP contribution in [0.3, 0.4) is 0 Å². The van der Waals surface area contributed by atoms with E-state index in [1.807, 2.05) is 0 Å². The third-order valence-electron chi connectivity index (χ3n) is 1.84. The van der Waals surface area contributed by atoms with Crippen LogP contribution in [0.1, 0.15) is 0 Å². The summed E-state index contributed by atoms with van der Waals surface area (Å²) in [6, 6.07) is 5.10. The molecule has 0 radical (unpaired) electrons. The Balaban J connectivity index is 2.50. The van der Waals surface area contributed by atoms with E-state index in [1.54, 1.807) is 6.07 Å². The molecular weight excluding hydrogens is 222 g/mol. The molecule has 0 bridgehead atoms. The van der Waals surface area contributed by atoms with Gasteiger partial charge in [0.25, 0.3) is 0 Å². The molecule has 0 saturated heterocycles. The lowest BCUT2D eigenvalue weighted by molar-refractivity contribution is 0.509. The van der Waals surface area contributed by atoms with Gasteiger partial charge in [0.2, 0.25) is 5.28 Å². The smallest absolute Gasteiger partial charge is 0.222 e. The molecule has 0 spiro atoms. The molecule has 76 valence electrons. The van der Waals surface area contributed by atoms with Crippen LogP contribution in [0.15, 0.2) is 30.5 Å². The van der Waals surface area contributed by atoms with Crippen molar-refractivity contribution in [3.8, 4) is 11.3 Å². The molecule has 0 aliphatic heterocycles. The Hall–Kier alpha value is -1.55. The molecule has 0 unspecified atom stereocenters. The highest BCUT2D eigenvalue weighted by Crippen LogP contribution is 2.19. The molecule has 0 saturated carbocycles. The predicted octanol–water partition coefficient (Wildman–Crippen LogP) is 3.08. The van der Waals surface area contributed by atoms with Gasteiger partial charge in [-0.1, -0.05) is 0 Å². The minimum absolute atomic E-state index is 0.0669. The molecule has 1 aromatic carbocycles. The summed E-state index contributed by atoms with van der Waals surface area (Å²) in [5, 5.41) is 0.0669. The fraction of sp³-hybridized carbons (Fsp3) is 0. The average molecular weight is 227 g/mol. The van der Waals surface area contributed by atoms with Gasteiger partial charge < -0.3 is 0 Å². The zero-order valence-corrected chi connectivity index (χ0v) is 8.17. The van der Waals surface area contributed by atoms with E-state index < -0.39 is 11.6 Å². The lowest BCUT2D eigenvalue weighted by Crippen LogP contribution is -1.89. The van der Waals surface area contributed by atoms with Gasteiger partial charge >= 0.3 is 0 Å². The van der Waals surface area contributed by atoms with Crippen molar-refractivity contribution < 1.29 is 8.78 Å². The molecule has 2 aromatic rings. The van der Waals surface area contributed by atoms with Crippen molar-refractivity contribution in [2.75, 3.05) is 0 Å². The Bertz CT molecular complexity index is 503. The Morgan fingerprint density at radius 3 is 2.53 bits per heavy atom. The Labute approximate surface area is 89.6 Å². The van der Waals surface area contributed by atoms with Gasteiger partial charge in [-0.15, -0.1) is 0 Å². The molecule has 5 heteroatoms. The van der Waals surface area contributed by atoms with Crippen LogP contribution in [0.5, 0.6) is 0 Å². The number of rotatable bonds is 1. The van der Waals surface area contributed by atoms with Crippen LogP contribution in [0, 0.1) is 11.6 Å². The molecule has 2 rings (SSSR count). The van der Waals surface area contributed by atoms with E-state index in [0.717, 1.165) is 12.1 Å². The molecular formula is C10H5ClF2N2. The summed E-state index contributed by atoms with van der Waals surface area (Å²) in [5.74, 6) is -1.80. The number of hydrogen-bond donors (Lipinski definition) is 0.